The SMILES string of the molecule is O[C@@H]1CC(Cn2cccn2)C[C@H]1Nc1cc(C2CC2)ncc1Br. The third-order valence-corrected chi connectivity index (χ3v) is 5.48. The topological polar surface area (TPSA) is 63.0 Å². The summed E-state index contributed by atoms with van der Waals surface area (Å²) >= 11 is 3.57. The van der Waals surface area contributed by atoms with Crippen molar-refractivity contribution in [2.24, 2.45) is 5.92 Å². The molecule has 0 radical (unpaired) electrons. The van der Waals surface area contributed by atoms with Gasteiger partial charge in [0.25, 0.3) is 0 Å². The molecule has 2 saturated carbocycles. The molecule has 0 spiro atoms. The van der Waals surface area contributed by atoms with Crippen LogP contribution in [-0.2, 0) is 6.54 Å². The van der Waals surface area contributed by atoms with Crippen LogP contribution in [0.2, 0.25) is 0 Å². The molecular weight excluding hydrogens is 356 g/mol. The minimum absolute atomic E-state index is 0.0846. The monoisotopic (exact) mass is 376 g/mol. The summed E-state index contributed by atoms with van der Waals surface area (Å²) in [5.41, 5.74) is 2.21. The van der Waals surface area contributed by atoms with Gasteiger partial charge in [0.15, 0.2) is 0 Å². The van der Waals surface area contributed by atoms with E-state index in [1.807, 2.05) is 23.1 Å². The largest absolute Gasteiger partial charge is 0.391 e. The average Bonchev–Trinajstić information content (AvgIpc) is 3.16. The number of aliphatic hydroxyl groups is 1. The van der Waals surface area contributed by atoms with Gasteiger partial charge in [0.2, 0.25) is 0 Å². The minimum atomic E-state index is -0.319. The Balaban J connectivity index is 1.43. The highest BCUT2D eigenvalue weighted by atomic mass is 79.9. The van der Waals surface area contributed by atoms with Crippen LogP contribution < -0.4 is 5.32 Å². The van der Waals surface area contributed by atoms with Gasteiger partial charge in [0.05, 0.1) is 22.3 Å². The number of aliphatic hydroxyl groups excluding tert-OH is 1. The van der Waals surface area contributed by atoms with E-state index in [4.69, 9.17) is 0 Å². The van der Waals surface area contributed by atoms with Crippen LogP contribution in [0.5, 0.6) is 0 Å². The van der Waals surface area contributed by atoms with Crippen molar-refractivity contribution in [1.82, 2.24) is 14.8 Å². The summed E-state index contributed by atoms with van der Waals surface area (Å²) in [4.78, 5) is 4.50. The predicted octanol–water partition coefficient (Wildman–Crippen LogP) is 3.17. The summed E-state index contributed by atoms with van der Waals surface area (Å²) in [6, 6.07) is 4.16. The second-order valence-corrected chi connectivity index (χ2v) is 7.60. The Morgan fingerprint density at radius 3 is 2.96 bits per heavy atom. The van der Waals surface area contributed by atoms with Crippen molar-refractivity contribution in [3.8, 4) is 0 Å². The zero-order chi connectivity index (χ0) is 15.8. The van der Waals surface area contributed by atoms with Crippen LogP contribution in [0.15, 0.2) is 35.2 Å². The Bertz CT molecular complexity index is 671. The number of nitrogens with one attached hydrogen (secondary N) is 1. The van der Waals surface area contributed by atoms with E-state index < -0.39 is 0 Å². The van der Waals surface area contributed by atoms with E-state index >= 15 is 0 Å². The van der Waals surface area contributed by atoms with Gasteiger partial charge in [0, 0.05) is 36.7 Å². The fraction of sp³-hybridized carbons (Fsp3) is 0.529. The molecule has 5 nitrogen and oxygen atoms in total. The number of rotatable bonds is 5. The Morgan fingerprint density at radius 2 is 2.22 bits per heavy atom. The van der Waals surface area contributed by atoms with Gasteiger partial charge in [-0.1, -0.05) is 0 Å². The first kappa shape index (κ1) is 15.1. The Morgan fingerprint density at radius 1 is 1.35 bits per heavy atom. The maximum Gasteiger partial charge on any atom is 0.0744 e. The quantitative estimate of drug-likeness (QED) is 0.840. The average molecular weight is 377 g/mol. The van der Waals surface area contributed by atoms with Crippen molar-refractivity contribution in [2.75, 3.05) is 5.32 Å². The molecule has 1 unspecified atom stereocenters. The molecule has 0 amide bonds. The van der Waals surface area contributed by atoms with Crippen LogP contribution in [0.4, 0.5) is 5.69 Å². The van der Waals surface area contributed by atoms with Crippen LogP contribution in [0.3, 0.4) is 0 Å². The van der Waals surface area contributed by atoms with Crippen LogP contribution in [0.1, 0.15) is 37.3 Å². The number of anilines is 1. The van der Waals surface area contributed by atoms with E-state index in [-0.39, 0.29) is 12.1 Å². The van der Waals surface area contributed by atoms with Crippen LogP contribution >= 0.6 is 15.9 Å². The van der Waals surface area contributed by atoms with Gasteiger partial charge in [-0.3, -0.25) is 9.67 Å². The molecule has 122 valence electrons. The molecule has 2 heterocycles. The highest BCUT2D eigenvalue weighted by molar-refractivity contribution is 9.10. The molecule has 2 aromatic heterocycles. The lowest BCUT2D eigenvalue weighted by Gasteiger charge is -2.19. The van der Waals surface area contributed by atoms with Crippen LogP contribution in [0, 0.1) is 5.92 Å². The highest BCUT2D eigenvalue weighted by Crippen LogP contribution is 2.41. The molecule has 6 heteroatoms. The molecule has 23 heavy (non-hydrogen) atoms. The van der Waals surface area contributed by atoms with E-state index in [2.05, 4.69) is 37.4 Å². The molecule has 2 aromatic rings. The zero-order valence-electron chi connectivity index (χ0n) is 12.9. The predicted molar refractivity (Wildman–Crippen MR) is 92.3 cm³/mol. The Kier molecular flexibility index (Phi) is 4.11. The molecule has 0 bridgehead atoms. The second kappa shape index (κ2) is 6.24. The van der Waals surface area contributed by atoms with E-state index in [1.54, 1.807) is 6.20 Å². The second-order valence-electron chi connectivity index (χ2n) is 6.75. The number of hydrogen-bond acceptors (Lipinski definition) is 4. The van der Waals surface area contributed by atoms with Crippen molar-refractivity contribution in [3.05, 3.63) is 40.9 Å². The van der Waals surface area contributed by atoms with E-state index in [1.165, 1.54) is 12.8 Å². The van der Waals surface area contributed by atoms with Crippen molar-refractivity contribution >= 4 is 21.6 Å². The molecule has 2 N–H and O–H groups in total. The van der Waals surface area contributed by atoms with Gasteiger partial charge >= 0.3 is 0 Å². The van der Waals surface area contributed by atoms with Crippen molar-refractivity contribution in [2.45, 2.75) is 50.3 Å². The Hall–Kier alpha value is -1.40. The molecule has 2 aliphatic rings. The maximum atomic E-state index is 10.4. The highest BCUT2D eigenvalue weighted by Gasteiger charge is 2.34. The lowest BCUT2D eigenvalue weighted by molar-refractivity contribution is 0.166. The number of aromatic nitrogens is 3. The third kappa shape index (κ3) is 3.43. The lowest BCUT2D eigenvalue weighted by atomic mass is 10.1. The van der Waals surface area contributed by atoms with Gasteiger partial charge in [-0.15, -0.1) is 0 Å². The summed E-state index contributed by atoms with van der Waals surface area (Å²) in [7, 11) is 0. The normalized spacial score (nSPS) is 27.3. The van der Waals surface area contributed by atoms with Gasteiger partial charge in [-0.05, 0) is 59.7 Å². The van der Waals surface area contributed by atoms with E-state index in [0.29, 0.717) is 11.8 Å². The molecule has 0 aromatic carbocycles. The fourth-order valence-corrected chi connectivity index (χ4v) is 3.79. The number of hydrogen-bond donors (Lipinski definition) is 2. The Labute approximate surface area is 144 Å². The number of halogens is 1. The first-order chi connectivity index (χ1) is 11.2. The first-order valence-corrected chi connectivity index (χ1v) is 9.06. The smallest absolute Gasteiger partial charge is 0.0744 e. The molecule has 3 atom stereocenters. The van der Waals surface area contributed by atoms with Gasteiger partial charge in [0.1, 0.15) is 0 Å². The molecule has 4 rings (SSSR count). The van der Waals surface area contributed by atoms with E-state index in [9.17, 15) is 5.11 Å². The summed E-state index contributed by atoms with van der Waals surface area (Å²) in [6.07, 6.45) is 9.59. The summed E-state index contributed by atoms with van der Waals surface area (Å²) in [5, 5.41) is 18.2. The first-order valence-electron chi connectivity index (χ1n) is 8.26. The maximum absolute atomic E-state index is 10.4. The summed E-state index contributed by atoms with van der Waals surface area (Å²) in [6.45, 7) is 0.868. The molecule has 0 saturated heterocycles. The van der Waals surface area contributed by atoms with Crippen LogP contribution in [-0.4, -0.2) is 32.0 Å². The number of pyridine rings is 1. The van der Waals surface area contributed by atoms with Gasteiger partial charge in [-0.2, -0.15) is 5.10 Å². The third-order valence-electron chi connectivity index (χ3n) is 4.84. The zero-order valence-corrected chi connectivity index (χ0v) is 14.5. The molecule has 0 aliphatic heterocycles. The summed E-state index contributed by atoms with van der Waals surface area (Å²) in [5.74, 6) is 1.08. The van der Waals surface area contributed by atoms with Crippen molar-refractivity contribution in [3.63, 3.8) is 0 Å². The fourth-order valence-electron chi connectivity index (χ4n) is 3.46. The summed E-state index contributed by atoms with van der Waals surface area (Å²) < 4.78 is 2.91. The van der Waals surface area contributed by atoms with Crippen molar-refractivity contribution in [1.29, 1.82) is 0 Å². The molecule has 2 fully saturated rings. The minimum Gasteiger partial charge on any atom is -0.391 e. The standard InChI is InChI=1S/C17H21BrN4O/c18-13-9-19-14(12-2-3-12)8-15(13)21-16-6-11(7-17(16)23)10-22-5-1-4-20-22/h1,4-5,8-9,11-12,16-17,23H,2-3,6-7,10H2,(H,19,21)/t11?,16-,17-/m1/s1. The van der Waals surface area contributed by atoms with Crippen LogP contribution in [0.25, 0.3) is 0 Å². The molecular formula is C17H21BrN4O. The lowest BCUT2D eigenvalue weighted by Crippen LogP contribution is -2.28. The van der Waals surface area contributed by atoms with E-state index in [0.717, 1.165) is 35.2 Å². The van der Waals surface area contributed by atoms with Gasteiger partial charge in [-0.25, -0.2) is 0 Å². The molecule has 2 aliphatic carbocycles. The van der Waals surface area contributed by atoms with Crippen molar-refractivity contribution < 1.29 is 5.11 Å². The van der Waals surface area contributed by atoms with Gasteiger partial charge < -0.3 is 10.4 Å². The number of nitrogens with zero attached hydrogens (tertiary/aromatic N) is 3.